The minimum atomic E-state index is -0.856. The molecular weight excluding hydrogens is 371 g/mol. The first-order valence-electron chi connectivity index (χ1n) is 9.18. The van der Waals surface area contributed by atoms with Gasteiger partial charge in [0.15, 0.2) is 0 Å². The number of alkyl carbamates (subject to hydrolysis) is 1. The molecule has 6 heteroatoms. The molecule has 0 unspecified atom stereocenters. The minimum Gasteiger partial charge on any atom is -0.445 e. The predicted octanol–water partition coefficient (Wildman–Crippen LogP) is 4.30. The molecule has 29 heavy (non-hydrogen) atoms. The largest absolute Gasteiger partial charge is 0.445 e. The molecule has 0 saturated carbocycles. The van der Waals surface area contributed by atoms with Crippen molar-refractivity contribution in [1.82, 2.24) is 5.32 Å². The number of hydrogen-bond acceptors (Lipinski definition) is 3. The topological polar surface area (TPSA) is 67.4 Å². The monoisotopic (exact) mass is 392 g/mol. The van der Waals surface area contributed by atoms with Crippen molar-refractivity contribution in [3.63, 3.8) is 0 Å². The average molecular weight is 392 g/mol. The number of benzene rings is 3. The van der Waals surface area contributed by atoms with Gasteiger partial charge in [0, 0.05) is 12.1 Å². The van der Waals surface area contributed by atoms with E-state index in [0.29, 0.717) is 5.69 Å². The van der Waals surface area contributed by atoms with Crippen LogP contribution in [0.2, 0.25) is 0 Å². The highest BCUT2D eigenvalue weighted by atomic mass is 19.1. The van der Waals surface area contributed by atoms with Crippen LogP contribution >= 0.6 is 0 Å². The van der Waals surface area contributed by atoms with Crippen LogP contribution < -0.4 is 10.6 Å². The van der Waals surface area contributed by atoms with Gasteiger partial charge < -0.3 is 15.4 Å². The van der Waals surface area contributed by atoms with Crippen LogP contribution in [0, 0.1) is 5.82 Å². The maximum absolute atomic E-state index is 13.1. The van der Waals surface area contributed by atoms with Gasteiger partial charge in [-0.25, -0.2) is 9.18 Å². The van der Waals surface area contributed by atoms with Crippen molar-refractivity contribution in [3.05, 3.63) is 102 Å². The predicted molar refractivity (Wildman–Crippen MR) is 109 cm³/mol. The van der Waals surface area contributed by atoms with Crippen LogP contribution in [0.5, 0.6) is 0 Å². The molecule has 0 fully saturated rings. The molecule has 148 valence electrons. The Morgan fingerprint density at radius 2 is 1.41 bits per heavy atom. The second-order valence-corrected chi connectivity index (χ2v) is 6.44. The fourth-order valence-electron chi connectivity index (χ4n) is 2.73. The molecular formula is C23H21FN2O3. The Hall–Kier alpha value is -3.67. The van der Waals surface area contributed by atoms with E-state index in [0.717, 1.165) is 11.1 Å². The molecule has 0 spiro atoms. The average Bonchev–Trinajstić information content (AvgIpc) is 2.75. The molecule has 2 amide bonds. The molecule has 0 aliphatic rings. The van der Waals surface area contributed by atoms with E-state index in [4.69, 9.17) is 4.74 Å². The lowest BCUT2D eigenvalue weighted by atomic mass is 10.1. The number of rotatable bonds is 7. The molecule has 0 aliphatic carbocycles. The zero-order valence-corrected chi connectivity index (χ0v) is 15.7. The van der Waals surface area contributed by atoms with Gasteiger partial charge in [-0.3, -0.25) is 4.79 Å². The number of amides is 2. The van der Waals surface area contributed by atoms with Crippen molar-refractivity contribution in [3.8, 4) is 0 Å². The van der Waals surface area contributed by atoms with Gasteiger partial charge in [-0.1, -0.05) is 60.7 Å². The highest BCUT2D eigenvalue weighted by molar-refractivity contribution is 5.96. The van der Waals surface area contributed by atoms with E-state index in [1.165, 1.54) is 24.3 Å². The lowest BCUT2D eigenvalue weighted by molar-refractivity contribution is -0.118. The third kappa shape index (κ3) is 6.46. The summed E-state index contributed by atoms with van der Waals surface area (Å²) < 4.78 is 18.3. The molecule has 0 aliphatic heterocycles. The van der Waals surface area contributed by atoms with E-state index in [9.17, 15) is 14.0 Å². The number of hydrogen-bond donors (Lipinski definition) is 2. The van der Waals surface area contributed by atoms with Crippen molar-refractivity contribution in [2.45, 2.75) is 19.1 Å². The maximum atomic E-state index is 13.1. The third-order valence-corrected chi connectivity index (χ3v) is 4.22. The van der Waals surface area contributed by atoms with Crippen LogP contribution in [0.3, 0.4) is 0 Å². The molecule has 0 radical (unpaired) electrons. The number of carbonyl (C=O) groups is 2. The van der Waals surface area contributed by atoms with Crippen LogP contribution in [-0.4, -0.2) is 18.0 Å². The smallest absolute Gasteiger partial charge is 0.408 e. The highest BCUT2D eigenvalue weighted by Crippen LogP contribution is 2.11. The summed E-state index contributed by atoms with van der Waals surface area (Å²) >= 11 is 0. The SMILES string of the molecule is O=C(N[C@@H](Cc1ccccc1)C(=O)Nc1ccc(F)cc1)OCc1ccccc1. The van der Waals surface area contributed by atoms with Gasteiger partial charge >= 0.3 is 6.09 Å². The number of nitrogens with one attached hydrogen (secondary N) is 2. The zero-order valence-electron chi connectivity index (χ0n) is 15.7. The molecule has 3 aromatic carbocycles. The van der Waals surface area contributed by atoms with Gasteiger partial charge in [-0.15, -0.1) is 0 Å². The van der Waals surface area contributed by atoms with Crippen LogP contribution in [0.15, 0.2) is 84.9 Å². The summed E-state index contributed by atoms with van der Waals surface area (Å²) in [5.74, 6) is -0.816. The molecule has 2 N–H and O–H groups in total. The molecule has 0 heterocycles. The maximum Gasteiger partial charge on any atom is 0.408 e. The fourth-order valence-corrected chi connectivity index (χ4v) is 2.73. The quantitative estimate of drug-likeness (QED) is 0.630. The fraction of sp³-hybridized carbons (Fsp3) is 0.130. The molecule has 5 nitrogen and oxygen atoms in total. The van der Waals surface area contributed by atoms with Crippen LogP contribution in [0.25, 0.3) is 0 Å². The van der Waals surface area contributed by atoms with Gasteiger partial charge in [-0.2, -0.15) is 0 Å². The number of halogens is 1. The Bertz CT molecular complexity index is 931. The summed E-state index contributed by atoms with van der Waals surface area (Å²) in [5, 5.41) is 5.31. The summed E-state index contributed by atoms with van der Waals surface area (Å²) in [7, 11) is 0. The van der Waals surface area contributed by atoms with Crippen LogP contribution in [0.4, 0.5) is 14.9 Å². The molecule has 1 atom stereocenters. The number of ether oxygens (including phenoxy) is 1. The first kappa shape index (κ1) is 20.1. The van der Waals surface area contributed by atoms with Gasteiger partial charge in [-0.05, 0) is 35.4 Å². The van der Waals surface area contributed by atoms with Gasteiger partial charge in [0.25, 0.3) is 0 Å². The van der Waals surface area contributed by atoms with Gasteiger partial charge in [0.05, 0.1) is 0 Å². The van der Waals surface area contributed by atoms with E-state index in [1.807, 2.05) is 60.7 Å². The summed E-state index contributed by atoms with van der Waals surface area (Å²) in [5.41, 5.74) is 2.17. The second kappa shape index (κ2) is 10.0. The Kier molecular flexibility index (Phi) is 6.95. The van der Waals surface area contributed by atoms with Crippen LogP contribution in [-0.2, 0) is 22.6 Å². The lowest BCUT2D eigenvalue weighted by Gasteiger charge is -2.18. The summed E-state index contributed by atoms with van der Waals surface area (Å²) in [6.07, 6.45) is -0.405. The summed E-state index contributed by atoms with van der Waals surface area (Å²) in [6.45, 7) is 0.101. The van der Waals surface area contributed by atoms with E-state index in [1.54, 1.807) is 0 Å². The second-order valence-electron chi connectivity index (χ2n) is 6.44. The van der Waals surface area contributed by atoms with Crippen molar-refractivity contribution in [2.75, 3.05) is 5.32 Å². The Balaban J connectivity index is 1.65. The van der Waals surface area contributed by atoms with Crippen molar-refractivity contribution in [1.29, 1.82) is 0 Å². The van der Waals surface area contributed by atoms with Crippen molar-refractivity contribution >= 4 is 17.7 Å². The molecule has 3 aromatic rings. The Morgan fingerprint density at radius 3 is 2.03 bits per heavy atom. The molecule has 3 rings (SSSR count). The Labute approximate surface area is 168 Å². The van der Waals surface area contributed by atoms with Gasteiger partial charge in [0.2, 0.25) is 5.91 Å². The molecule has 0 aromatic heterocycles. The van der Waals surface area contributed by atoms with E-state index in [-0.39, 0.29) is 13.0 Å². The number of carbonyl (C=O) groups excluding carboxylic acids is 2. The zero-order chi connectivity index (χ0) is 20.5. The third-order valence-electron chi connectivity index (χ3n) is 4.22. The van der Waals surface area contributed by atoms with Crippen molar-refractivity contribution in [2.24, 2.45) is 0 Å². The highest BCUT2D eigenvalue weighted by Gasteiger charge is 2.22. The molecule has 0 saturated heterocycles. The first-order valence-corrected chi connectivity index (χ1v) is 9.18. The molecule has 0 bridgehead atoms. The minimum absolute atomic E-state index is 0.101. The summed E-state index contributed by atoms with van der Waals surface area (Å²) in [4.78, 5) is 25.0. The van der Waals surface area contributed by atoms with E-state index < -0.39 is 23.9 Å². The van der Waals surface area contributed by atoms with Crippen molar-refractivity contribution < 1.29 is 18.7 Å². The summed E-state index contributed by atoms with van der Waals surface area (Å²) in [6, 6.07) is 23.2. The number of anilines is 1. The van der Waals surface area contributed by atoms with Crippen LogP contribution in [0.1, 0.15) is 11.1 Å². The van der Waals surface area contributed by atoms with E-state index >= 15 is 0 Å². The standard InChI is InChI=1S/C23H21FN2O3/c24-19-11-13-20(14-12-19)25-22(27)21(15-17-7-3-1-4-8-17)26-23(28)29-16-18-9-5-2-6-10-18/h1-14,21H,15-16H2,(H,25,27)(H,26,28)/t21-/m0/s1. The normalized spacial score (nSPS) is 11.3. The van der Waals surface area contributed by atoms with Gasteiger partial charge in [0.1, 0.15) is 18.5 Å². The lowest BCUT2D eigenvalue weighted by Crippen LogP contribution is -2.45. The Morgan fingerprint density at radius 1 is 0.828 bits per heavy atom. The van der Waals surface area contributed by atoms with E-state index in [2.05, 4.69) is 10.6 Å². The first-order chi connectivity index (χ1) is 14.1.